The van der Waals surface area contributed by atoms with E-state index in [-0.39, 0.29) is 12.3 Å². The van der Waals surface area contributed by atoms with Crippen LogP contribution in [0.25, 0.3) is 0 Å². The van der Waals surface area contributed by atoms with Gasteiger partial charge in [-0.05, 0) is 17.7 Å². The largest absolute Gasteiger partial charge is 0.370 e. The van der Waals surface area contributed by atoms with E-state index >= 15 is 0 Å². The van der Waals surface area contributed by atoms with E-state index in [9.17, 15) is 9.59 Å². The minimum atomic E-state index is -0.487. The Morgan fingerprint density at radius 3 is 2.72 bits per heavy atom. The molecule has 98 valence electrons. The number of nitrogens with one attached hydrogen (secondary N) is 1. The number of halogens is 2. The molecule has 1 aromatic rings. The van der Waals surface area contributed by atoms with Gasteiger partial charge in [0, 0.05) is 28.4 Å². The van der Waals surface area contributed by atoms with Crippen molar-refractivity contribution >= 4 is 39.3 Å². The topological polar surface area (TPSA) is 72.2 Å². The second kappa shape index (κ2) is 6.75. The standard InChI is InChI=1S/C12H14BrClN2O2/c1-7(4-11(15)17)12(18)16-6-8-2-3-9(13)5-10(8)14/h2-3,5,7H,4,6H2,1H3,(H2,15,17)(H,16,18)/t7-/m1/s1. The predicted molar refractivity (Wildman–Crippen MR) is 74.0 cm³/mol. The van der Waals surface area contributed by atoms with Crippen LogP contribution in [0.3, 0.4) is 0 Å². The molecule has 0 aliphatic rings. The molecule has 0 radical (unpaired) electrons. The molecule has 0 fully saturated rings. The number of rotatable bonds is 5. The van der Waals surface area contributed by atoms with Crippen molar-refractivity contribution < 1.29 is 9.59 Å². The Kier molecular flexibility index (Phi) is 5.62. The molecule has 2 amide bonds. The fourth-order valence-corrected chi connectivity index (χ4v) is 2.16. The molecular formula is C12H14BrClN2O2. The molecular weight excluding hydrogens is 320 g/mol. The Hall–Kier alpha value is -1.07. The SMILES string of the molecule is C[C@H](CC(N)=O)C(=O)NCc1ccc(Br)cc1Cl. The van der Waals surface area contributed by atoms with Crippen molar-refractivity contribution in [3.8, 4) is 0 Å². The number of carbonyl (C=O) groups is 2. The molecule has 0 saturated carbocycles. The quantitative estimate of drug-likeness (QED) is 0.867. The summed E-state index contributed by atoms with van der Waals surface area (Å²) in [6.07, 6.45) is 0.0416. The Balaban J connectivity index is 2.54. The van der Waals surface area contributed by atoms with Crippen molar-refractivity contribution in [3.63, 3.8) is 0 Å². The van der Waals surface area contributed by atoms with Crippen molar-refractivity contribution in [2.24, 2.45) is 11.7 Å². The van der Waals surface area contributed by atoms with Crippen LogP contribution in [0.15, 0.2) is 22.7 Å². The van der Waals surface area contributed by atoms with Gasteiger partial charge in [-0.3, -0.25) is 9.59 Å². The monoisotopic (exact) mass is 332 g/mol. The summed E-state index contributed by atoms with van der Waals surface area (Å²) in [6.45, 7) is 1.98. The minimum absolute atomic E-state index is 0.0416. The zero-order chi connectivity index (χ0) is 13.7. The number of nitrogens with two attached hydrogens (primary N) is 1. The lowest BCUT2D eigenvalue weighted by molar-refractivity contribution is -0.128. The fraction of sp³-hybridized carbons (Fsp3) is 0.333. The molecule has 0 spiro atoms. The van der Waals surface area contributed by atoms with Gasteiger partial charge in [0.15, 0.2) is 0 Å². The van der Waals surface area contributed by atoms with Crippen LogP contribution in [-0.2, 0) is 16.1 Å². The van der Waals surface area contributed by atoms with Gasteiger partial charge in [-0.1, -0.05) is 40.5 Å². The third kappa shape index (κ3) is 4.66. The van der Waals surface area contributed by atoms with Crippen LogP contribution < -0.4 is 11.1 Å². The van der Waals surface area contributed by atoms with Crippen molar-refractivity contribution in [2.75, 3.05) is 0 Å². The first kappa shape index (κ1) is 15.0. The van der Waals surface area contributed by atoms with E-state index in [4.69, 9.17) is 17.3 Å². The highest BCUT2D eigenvalue weighted by Crippen LogP contribution is 2.21. The molecule has 18 heavy (non-hydrogen) atoms. The van der Waals surface area contributed by atoms with E-state index in [0.29, 0.717) is 11.6 Å². The molecule has 6 heteroatoms. The maximum atomic E-state index is 11.7. The average Bonchev–Trinajstić information content (AvgIpc) is 2.26. The lowest BCUT2D eigenvalue weighted by atomic mass is 10.1. The van der Waals surface area contributed by atoms with Gasteiger partial charge in [-0.2, -0.15) is 0 Å². The molecule has 0 bridgehead atoms. The molecule has 4 nitrogen and oxygen atoms in total. The molecule has 0 aliphatic heterocycles. The highest BCUT2D eigenvalue weighted by atomic mass is 79.9. The third-order valence-electron chi connectivity index (χ3n) is 2.42. The normalized spacial score (nSPS) is 11.9. The number of hydrogen-bond acceptors (Lipinski definition) is 2. The van der Waals surface area contributed by atoms with Gasteiger partial charge in [0.1, 0.15) is 0 Å². The van der Waals surface area contributed by atoms with E-state index in [1.807, 2.05) is 12.1 Å². The Morgan fingerprint density at radius 2 is 2.17 bits per heavy atom. The van der Waals surface area contributed by atoms with Crippen LogP contribution in [0, 0.1) is 5.92 Å². The van der Waals surface area contributed by atoms with Crippen LogP contribution in [0.2, 0.25) is 5.02 Å². The van der Waals surface area contributed by atoms with Crippen molar-refractivity contribution in [1.29, 1.82) is 0 Å². The molecule has 0 heterocycles. The van der Waals surface area contributed by atoms with E-state index in [1.54, 1.807) is 13.0 Å². The summed E-state index contributed by atoms with van der Waals surface area (Å²) in [5, 5.41) is 3.29. The van der Waals surface area contributed by atoms with Crippen LogP contribution in [0.1, 0.15) is 18.9 Å². The number of carbonyl (C=O) groups excluding carboxylic acids is 2. The number of amides is 2. The van der Waals surface area contributed by atoms with E-state index in [1.165, 1.54) is 0 Å². The lowest BCUT2D eigenvalue weighted by Crippen LogP contribution is -2.31. The van der Waals surface area contributed by atoms with Crippen LogP contribution in [0.4, 0.5) is 0 Å². The molecule has 0 aliphatic carbocycles. The molecule has 0 saturated heterocycles. The molecule has 1 rings (SSSR count). The van der Waals surface area contributed by atoms with Gasteiger partial charge in [0.25, 0.3) is 0 Å². The van der Waals surface area contributed by atoms with Gasteiger partial charge in [-0.25, -0.2) is 0 Å². The third-order valence-corrected chi connectivity index (χ3v) is 3.27. The minimum Gasteiger partial charge on any atom is -0.370 e. The Labute approximate surface area is 119 Å². The molecule has 3 N–H and O–H groups in total. The van der Waals surface area contributed by atoms with Crippen molar-refractivity contribution in [1.82, 2.24) is 5.32 Å². The first-order chi connectivity index (χ1) is 8.40. The van der Waals surface area contributed by atoms with Gasteiger partial charge in [0.2, 0.25) is 11.8 Å². The second-order valence-corrected chi connectivity index (χ2v) is 5.35. The maximum Gasteiger partial charge on any atom is 0.223 e. The summed E-state index contributed by atoms with van der Waals surface area (Å²) in [4.78, 5) is 22.4. The molecule has 1 atom stereocenters. The molecule has 0 unspecified atom stereocenters. The first-order valence-electron chi connectivity index (χ1n) is 5.40. The second-order valence-electron chi connectivity index (χ2n) is 4.03. The zero-order valence-electron chi connectivity index (χ0n) is 9.87. The number of hydrogen-bond donors (Lipinski definition) is 2. The van der Waals surface area contributed by atoms with Gasteiger partial charge in [-0.15, -0.1) is 0 Å². The molecule has 0 aromatic heterocycles. The summed E-state index contributed by atoms with van der Waals surface area (Å²) in [7, 11) is 0. The Morgan fingerprint density at radius 1 is 1.50 bits per heavy atom. The summed E-state index contributed by atoms with van der Waals surface area (Å²) in [6, 6.07) is 5.43. The first-order valence-corrected chi connectivity index (χ1v) is 6.57. The number of primary amides is 1. The number of benzene rings is 1. The van der Waals surface area contributed by atoms with Gasteiger partial charge < -0.3 is 11.1 Å². The highest BCUT2D eigenvalue weighted by Gasteiger charge is 2.15. The summed E-state index contributed by atoms with van der Waals surface area (Å²) in [5.41, 5.74) is 5.85. The average molecular weight is 334 g/mol. The molecule has 1 aromatic carbocycles. The zero-order valence-corrected chi connectivity index (χ0v) is 12.2. The summed E-state index contributed by atoms with van der Waals surface area (Å²) < 4.78 is 0.879. The maximum absolute atomic E-state index is 11.7. The van der Waals surface area contributed by atoms with Crippen LogP contribution in [-0.4, -0.2) is 11.8 Å². The van der Waals surface area contributed by atoms with E-state index in [0.717, 1.165) is 10.0 Å². The Bertz CT molecular complexity index is 465. The van der Waals surface area contributed by atoms with Gasteiger partial charge in [0.05, 0.1) is 0 Å². The van der Waals surface area contributed by atoms with Crippen molar-refractivity contribution in [3.05, 3.63) is 33.3 Å². The summed E-state index contributed by atoms with van der Waals surface area (Å²) >= 11 is 9.32. The smallest absolute Gasteiger partial charge is 0.223 e. The van der Waals surface area contributed by atoms with Gasteiger partial charge >= 0.3 is 0 Å². The van der Waals surface area contributed by atoms with E-state index in [2.05, 4.69) is 21.2 Å². The van der Waals surface area contributed by atoms with E-state index < -0.39 is 11.8 Å². The lowest BCUT2D eigenvalue weighted by Gasteiger charge is -2.11. The van der Waals surface area contributed by atoms with Crippen LogP contribution in [0.5, 0.6) is 0 Å². The van der Waals surface area contributed by atoms with Crippen LogP contribution >= 0.6 is 27.5 Å². The highest BCUT2D eigenvalue weighted by molar-refractivity contribution is 9.10. The fourth-order valence-electron chi connectivity index (χ4n) is 1.42. The predicted octanol–water partition coefficient (Wildman–Crippen LogP) is 2.23. The summed E-state index contributed by atoms with van der Waals surface area (Å²) in [5.74, 6) is -1.14. The van der Waals surface area contributed by atoms with Crippen molar-refractivity contribution in [2.45, 2.75) is 19.9 Å².